The average Bonchev–Trinajstić information content (AvgIpc) is 2.56. The molecular weight excluding hydrogens is 212 g/mol. The summed E-state index contributed by atoms with van der Waals surface area (Å²) in [5.41, 5.74) is 0. The van der Waals surface area contributed by atoms with Crippen LogP contribution in [0.15, 0.2) is 0 Å². The topological polar surface area (TPSA) is 49.4 Å². The molecule has 2 saturated heterocycles. The Morgan fingerprint density at radius 1 is 1.40 bits per heavy atom. The van der Waals surface area contributed by atoms with E-state index < -0.39 is 10.0 Å². The van der Waals surface area contributed by atoms with Crippen molar-refractivity contribution in [1.82, 2.24) is 9.62 Å². The minimum Gasteiger partial charge on any atom is -0.312 e. The van der Waals surface area contributed by atoms with Crippen molar-refractivity contribution in [2.75, 3.05) is 25.4 Å². The first kappa shape index (κ1) is 11.4. The summed E-state index contributed by atoms with van der Waals surface area (Å²) < 4.78 is 25.6. The van der Waals surface area contributed by atoms with Crippen LogP contribution in [0.4, 0.5) is 0 Å². The number of hydrogen-bond donors (Lipinski definition) is 1. The van der Waals surface area contributed by atoms with Gasteiger partial charge in [-0.2, -0.15) is 0 Å². The normalized spacial score (nSPS) is 32.5. The van der Waals surface area contributed by atoms with Crippen LogP contribution < -0.4 is 5.32 Å². The van der Waals surface area contributed by atoms with Crippen LogP contribution in [0.1, 0.15) is 20.3 Å². The highest BCUT2D eigenvalue weighted by molar-refractivity contribution is 7.89. The minimum absolute atomic E-state index is 0.211. The van der Waals surface area contributed by atoms with Gasteiger partial charge in [0, 0.05) is 19.1 Å². The molecule has 2 heterocycles. The van der Waals surface area contributed by atoms with Gasteiger partial charge in [-0.15, -0.1) is 0 Å². The first-order chi connectivity index (χ1) is 6.99. The van der Waals surface area contributed by atoms with Crippen LogP contribution in [-0.4, -0.2) is 44.2 Å². The van der Waals surface area contributed by atoms with Crippen molar-refractivity contribution in [2.45, 2.75) is 26.3 Å². The van der Waals surface area contributed by atoms with Crippen LogP contribution in [0.3, 0.4) is 0 Å². The summed E-state index contributed by atoms with van der Waals surface area (Å²) in [6.07, 6.45) is 1.12. The standard InChI is InChI=1S/C10H20N2O2S/c1-8(2)7-15(13,14)12-5-9-3-4-11-10(9)6-12/h8-11H,3-7H2,1-2H3/t9-,10+/m0/s1. The van der Waals surface area contributed by atoms with Gasteiger partial charge in [-0.05, 0) is 24.8 Å². The fraction of sp³-hybridized carbons (Fsp3) is 1.00. The summed E-state index contributed by atoms with van der Waals surface area (Å²) in [6, 6.07) is 0.409. The molecule has 88 valence electrons. The predicted octanol–water partition coefficient (Wildman–Crippen LogP) is 0.266. The lowest BCUT2D eigenvalue weighted by Gasteiger charge is -2.18. The van der Waals surface area contributed by atoms with E-state index in [9.17, 15) is 8.42 Å². The Labute approximate surface area is 92.1 Å². The zero-order valence-corrected chi connectivity index (χ0v) is 10.3. The Bertz CT molecular complexity index is 314. The van der Waals surface area contributed by atoms with E-state index in [2.05, 4.69) is 5.32 Å². The average molecular weight is 232 g/mol. The Hall–Kier alpha value is -0.130. The Balaban J connectivity index is 2.01. The molecular formula is C10H20N2O2S. The van der Waals surface area contributed by atoms with Crippen LogP contribution in [-0.2, 0) is 10.0 Å². The molecule has 0 amide bonds. The first-order valence-corrected chi connectivity index (χ1v) is 7.31. The summed E-state index contributed by atoms with van der Waals surface area (Å²) in [5, 5.41) is 3.37. The molecule has 2 aliphatic rings. The number of hydrogen-bond acceptors (Lipinski definition) is 3. The molecule has 0 saturated carbocycles. The highest BCUT2D eigenvalue weighted by Crippen LogP contribution is 2.27. The molecule has 15 heavy (non-hydrogen) atoms. The van der Waals surface area contributed by atoms with Crippen molar-refractivity contribution in [3.8, 4) is 0 Å². The molecule has 0 aromatic heterocycles. The SMILES string of the molecule is CC(C)CS(=O)(=O)N1C[C@@H]2CCN[C@@H]2C1. The molecule has 0 unspecified atom stereocenters. The molecule has 2 atom stereocenters. The molecule has 0 radical (unpaired) electrons. The molecule has 0 aromatic carbocycles. The van der Waals surface area contributed by atoms with Crippen molar-refractivity contribution < 1.29 is 8.42 Å². The van der Waals surface area contributed by atoms with Gasteiger partial charge in [0.25, 0.3) is 0 Å². The molecule has 0 aliphatic carbocycles. The molecule has 2 aliphatic heterocycles. The summed E-state index contributed by atoms with van der Waals surface area (Å²) in [6.45, 7) is 6.36. The molecule has 5 heteroatoms. The Kier molecular flexibility index (Phi) is 3.05. The zero-order valence-electron chi connectivity index (χ0n) is 9.44. The monoisotopic (exact) mass is 232 g/mol. The smallest absolute Gasteiger partial charge is 0.214 e. The molecule has 2 fully saturated rings. The lowest BCUT2D eigenvalue weighted by molar-refractivity contribution is 0.443. The molecule has 0 bridgehead atoms. The lowest BCUT2D eigenvalue weighted by Crippen LogP contribution is -2.36. The minimum atomic E-state index is -3.01. The third kappa shape index (κ3) is 2.34. The van der Waals surface area contributed by atoms with E-state index in [-0.39, 0.29) is 11.7 Å². The van der Waals surface area contributed by atoms with Crippen LogP contribution >= 0.6 is 0 Å². The van der Waals surface area contributed by atoms with Crippen molar-refractivity contribution >= 4 is 10.0 Å². The largest absolute Gasteiger partial charge is 0.312 e. The Morgan fingerprint density at radius 3 is 2.73 bits per heavy atom. The lowest BCUT2D eigenvalue weighted by atomic mass is 10.1. The summed E-state index contributed by atoms with van der Waals surface area (Å²) in [7, 11) is -3.01. The van der Waals surface area contributed by atoms with E-state index in [0.717, 1.165) is 19.5 Å². The number of nitrogens with one attached hydrogen (secondary N) is 1. The van der Waals surface area contributed by atoms with Crippen LogP contribution in [0, 0.1) is 11.8 Å². The van der Waals surface area contributed by atoms with E-state index >= 15 is 0 Å². The summed E-state index contributed by atoms with van der Waals surface area (Å²) in [5.74, 6) is 1.04. The number of nitrogens with zero attached hydrogens (tertiary/aromatic N) is 1. The maximum atomic E-state index is 12.0. The summed E-state index contributed by atoms with van der Waals surface area (Å²) in [4.78, 5) is 0. The fourth-order valence-corrected chi connectivity index (χ4v) is 4.42. The van der Waals surface area contributed by atoms with Crippen molar-refractivity contribution in [3.05, 3.63) is 0 Å². The van der Waals surface area contributed by atoms with E-state index in [1.165, 1.54) is 0 Å². The number of sulfonamides is 1. The van der Waals surface area contributed by atoms with Gasteiger partial charge in [0.1, 0.15) is 0 Å². The maximum absolute atomic E-state index is 12.0. The van der Waals surface area contributed by atoms with Crippen LogP contribution in [0.25, 0.3) is 0 Å². The van der Waals surface area contributed by atoms with Crippen molar-refractivity contribution in [2.24, 2.45) is 11.8 Å². The van der Waals surface area contributed by atoms with Gasteiger partial charge in [-0.25, -0.2) is 12.7 Å². The third-order valence-corrected chi connectivity index (χ3v) is 5.44. The van der Waals surface area contributed by atoms with E-state index in [1.807, 2.05) is 13.8 Å². The number of rotatable bonds is 3. The fourth-order valence-electron chi connectivity index (χ4n) is 2.56. The second-order valence-electron chi connectivity index (χ2n) is 5.10. The van der Waals surface area contributed by atoms with Gasteiger partial charge < -0.3 is 5.32 Å². The quantitative estimate of drug-likeness (QED) is 0.759. The third-order valence-electron chi connectivity index (χ3n) is 3.27. The van der Waals surface area contributed by atoms with Gasteiger partial charge in [0.2, 0.25) is 10.0 Å². The maximum Gasteiger partial charge on any atom is 0.214 e. The van der Waals surface area contributed by atoms with Crippen LogP contribution in [0.5, 0.6) is 0 Å². The number of fused-ring (bicyclic) bond motifs is 1. The second kappa shape index (κ2) is 4.03. The van der Waals surface area contributed by atoms with Gasteiger partial charge in [-0.3, -0.25) is 0 Å². The highest BCUT2D eigenvalue weighted by Gasteiger charge is 2.40. The van der Waals surface area contributed by atoms with Gasteiger partial charge >= 0.3 is 0 Å². The predicted molar refractivity (Wildman–Crippen MR) is 60.1 cm³/mol. The van der Waals surface area contributed by atoms with Crippen molar-refractivity contribution in [1.29, 1.82) is 0 Å². The van der Waals surface area contributed by atoms with E-state index in [4.69, 9.17) is 0 Å². The van der Waals surface area contributed by atoms with Crippen molar-refractivity contribution in [3.63, 3.8) is 0 Å². The molecule has 0 aromatic rings. The Morgan fingerprint density at radius 2 is 2.13 bits per heavy atom. The van der Waals surface area contributed by atoms with Gasteiger partial charge in [-0.1, -0.05) is 13.8 Å². The van der Waals surface area contributed by atoms with E-state index in [0.29, 0.717) is 18.5 Å². The molecule has 2 rings (SSSR count). The molecule has 1 N–H and O–H groups in total. The zero-order chi connectivity index (χ0) is 11.1. The molecule has 4 nitrogen and oxygen atoms in total. The van der Waals surface area contributed by atoms with Crippen LogP contribution in [0.2, 0.25) is 0 Å². The van der Waals surface area contributed by atoms with E-state index in [1.54, 1.807) is 4.31 Å². The first-order valence-electron chi connectivity index (χ1n) is 5.70. The highest BCUT2D eigenvalue weighted by atomic mass is 32.2. The molecule has 0 spiro atoms. The summed E-state index contributed by atoms with van der Waals surface area (Å²) >= 11 is 0. The van der Waals surface area contributed by atoms with Gasteiger partial charge in [0.05, 0.1) is 5.75 Å². The second-order valence-corrected chi connectivity index (χ2v) is 7.11. The van der Waals surface area contributed by atoms with Gasteiger partial charge in [0.15, 0.2) is 0 Å².